The summed E-state index contributed by atoms with van der Waals surface area (Å²) >= 11 is 0. The molecule has 1 unspecified atom stereocenters. The second-order valence-electron chi connectivity index (χ2n) is 10.8. The van der Waals surface area contributed by atoms with Crippen molar-refractivity contribution in [2.75, 3.05) is 19.0 Å². The standard InChI is InChI=1S/C28H39N3O5/c1-18-10-11-20(16-19(18)2)24(25(33)30-21-12-14-22(35-9)15-13-21)31(27(3,4)5)23(32)17-29-26(34)36-28(6,7)8/h10-16,24H,17H2,1-9H3,(H,29,34)(H,30,33). The van der Waals surface area contributed by atoms with Gasteiger partial charge in [-0.1, -0.05) is 18.2 Å². The quantitative estimate of drug-likeness (QED) is 0.552. The number of nitrogens with zero attached hydrogens (tertiary/aromatic N) is 1. The smallest absolute Gasteiger partial charge is 0.408 e. The Morgan fingerprint density at radius 3 is 2.03 bits per heavy atom. The third kappa shape index (κ3) is 8.00. The van der Waals surface area contributed by atoms with Crippen LogP contribution in [0.15, 0.2) is 42.5 Å². The van der Waals surface area contributed by atoms with E-state index in [2.05, 4.69) is 10.6 Å². The Bertz CT molecular complexity index is 1080. The highest BCUT2D eigenvalue weighted by molar-refractivity contribution is 5.98. The van der Waals surface area contributed by atoms with Crippen molar-refractivity contribution >= 4 is 23.6 Å². The van der Waals surface area contributed by atoms with Crippen molar-refractivity contribution in [2.45, 2.75) is 72.6 Å². The number of alkyl carbamates (subject to hydrolysis) is 1. The monoisotopic (exact) mass is 497 g/mol. The molecule has 0 saturated carbocycles. The lowest BCUT2D eigenvalue weighted by molar-refractivity contribution is -0.144. The molecule has 0 bridgehead atoms. The zero-order chi connectivity index (χ0) is 27.3. The summed E-state index contributed by atoms with van der Waals surface area (Å²) in [5.74, 6) is -0.121. The molecule has 8 heteroatoms. The van der Waals surface area contributed by atoms with Gasteiger partial charge >= 0.3 is 6.09 Å². The highest BCUT2D eigenvalue weighted by Gasteiger charge is 2.38. The van der Waals surface area contributed by atoms with Gasteiger partial charge in [-0.2, -0.15) is 0 Å². The van der Waals surface area contributed by atoms with Crippen LogP contribution in [0.2, 0.25) is 0 Å². The summed E-state index contributed by atoms with van der Waals surface area (Å²) in [5.41, 5.74) is 1.88. The van der Waals surface area contributed by atoms with Gasteiger partial charge in [0, 0.05) is 11.2 Å². The minimum atomic E-state index is -0.945. The van der Waals surface area contributed by atoms with Gasteiger partial charge in [0.25, 0.3) is 5.91 Å². The molecule has 2 aromatic carbocycles. The molecule has 196 valence electrons. The van der Waals surface area contributed by atoms with E-state index in [9.17, 15) is 14.4 Å². The van der Waals surface area contributed by atoms with Crippen LogP contribution in [0.5, 0.6) is 5.75 Å². The van der Waals surface area contributed by atoms with Crippen molar-refractivity contribution in [3.05, 3.63) is 59.2 Å². The summed E-state index contributed by atoms with van der Waals surface area (Å²) in [6.07, 6.45) is -0.699. The fourth-order valence-corrected chi connectivity index (χ4v) is 3.69. The van der Waals surface area contributed by atoms with Crippen LogP contribution >= 0.6 is 0 Å². The lowest BCUT2D eigenvalue weighted by Gasteiger charge is -2.41. The Labute approximate surface area is 214 Å². The summed E-state index contributed by atoms with van der Waals surface area (Å²) in [6.45, 7) is 14.4. The topological polar surface area (TPSA) is 97.0 Å². The normalized spacial score (nSPS) is 12.4. The number of hydrogen-bond acceptors (Lipinski definition) is 5. The molecule has 0 spiro atoms. The fourth-order valence-electron chi connectivity index (χ4n) is 3.69. The van der Waals surface area contributed by atoms with E-state index in [1.165, 1.54) is 4.90 Å². The predicted octanol–water partition coefficient (Wildman–Crippen LogP) is 5.14. The van der Waals surface area contributed by atoms with Crippen LogP contribution in [-0.4, -0.2) is 47.6 Å². The van der Waals surface area contributed by atoms with E-state index >= 15 is 0 Å². The molecular weight excluding hydrogens is 458 g/mol. The SMILES string of the molecule is COc1ccc(NC(=O)C(c2ccc(C)c(C)c2)N(C(=O)CNC(=O)OC(C)(C)C)C(C)(C)C)cc1. The molecule has 0 fully saturated rings. The average molecular weight is 498 g/mol. The van der Waals surface area contributed by atoms with Gasteiger partial charge in [-0.25, -0.2) is 4.79 Å². The second kappa shape index (κ2) is 11.5. The van der Waals surface area contributed by atoms with E-state index in [1.54, 1.807) is 52.1 Å². The lowest BCUT2D eigenvalue weighted by Crippen LogP contribution is -2.54. The van der Waals surface area contributed by atoms with Crippen molar-refractivity contribution in [1.82, 2.24) is 10.2 Å². The summed E-state index contributed by atoms with van der Waals surface area (Å²) in [4.78, 5) is 41.0. The first-order valence-corrected chi connectivity index (χ1v) is 11.9. The molecular formula is C28H39N3O5. The molecule has 2 aromatic rings. The first kappa shape index (κ1) is 28.7. The second-order valence-corrected chi connectivity index (χ2v) is 10.8. The maximum atomic E-state index is 13.7. The number of nitrogens with one attached hydrogen (secondary N) is 2. The minimum absolute atomic E-state index is 0.316. The van der Waals surface area contributed by atoms with Crippen molar-refractivity contribution in [2.24, 2.45) is 0 Å². The van der Waals surface area contributed by atoms with Gasteiger partial charge in [0.2, 0.25) is 5.91 Å². The molecule has 36 heavy (non-hydrogen) atoms. The first-order chi connectivity index (χ1) is 16.6. The maximum absolute atomic E-state index is 13.7. The third-order valence-corrected chi connectivity index (χ3v) is 5.49. The zero-order valence-corrected chi connectivity index (χ0v) is 22.8. The number of methoxy groups -OCH3 is 1. The zero-order valence-electron chi connectivity index (χ0n) is 22.8. The Balaban J connectivity index is 2.44. The predicted molar refractivity (Wildman–Crippen MR) is 141 cm³/mol. The van der Waals surface area contributed by atoms with Gasteiger partial charge < -0.3 is 25.0 Å². The van der Waals surface area contributed by atoms with Gasteiger partial charge in [0.15, 0.2) is 0 Å². The highest BCUT2D eigenvalue weighted by Crippen LogP contribution is 2.31. The van der Waals surface area contributed by atoms with Crippen molar-refractivity contribution in [3.8, 4) is 5.75 Å². The Morgan fingerprint density at radius 2 is 1.53 bits per heavy atom. The summed E-state index contributed by atoms with van der Waals surface area (Å²) < 4.78 is 10.5. The molecule has 0 aliphatic heterocycles. The number of carbonyl (C=O) groups excluding carboxylic acids is 3. The molecule has 2 rings (SSSR count). The first-order valence-electron chi connectivity index (χ1n) is 11.9. The van der Waals surface area contributed by atoms with Crippen LogP contribution in [-0.2, 0) is 14.3 Å². The largest absolute Gasteiger partial charge is 0.497 e. The lowest BCUT2D eigenvalue weighted by atomic mass is 9.94. The Morgan fingerprint density at radius 1 is 0.917 bits per heavy atom. The van der Waals surface area contributed by atoms with E-state index in [1.807, 2.05) is 52.8 Å². The van der Waals surface area contributed by atoms with Crippen LogP contribution in [0.3, 0.4) is 0 Å². The highest BCUT2D eigenvalue weighted by atomic mass is 16.6. The van der Waals surface area contributed by atoms with Gasteiger partial charge in [0.1, 0.15) is 23.9 Å². The number of ether oxygens (including phenoxy) is 2. The van der Waals surface area contributed by atoms with Crippen LogP contribution in [0.25, 0.3) is 0 Å². The maximum Gasteiger partial charge on any atom is 0.408 e. The van der Waals surface area contributed by atoms with Crippen molar-refractivity contribution in [3.63, 3.8) is 0 Å². The molecule has 1 atom stereocenters. The minimum Gasteiger partial charge on any atom is -0.497 e. The summed E-state index contributed by atoms with van der Waals surface area (Å²) in [5, 5.41) is 5.45. The number of anilines is 1. The van der Waals surface area contributed by atoms with Gasteiger partial charge in [0.05, 0.1) is 7.11 Å². The Kier molecular flexibility index (Phi) is 9.13. The van der Waals surface area contributed by atoms with E-state index in [-0.39, 0.29) is 12.5 Å². The molecule has 0 aromatic heterocycles. The summed E-state index contributed by atoms with van der Waals surface area (Å²) in [6, 6.07) is 11.7. The van der Waals surface area contributed by atoms with Gasteiger partial charge in [-0.05, 0) is 96.3 Å². The van der Waals surface area contributed by atoms with Gasteiger partial charge in [-0.3, -0.25) is 9.59 Å². The van der Waals surface area contributed by atoms with Crippen LogP contribution in [0.4, 0.5) is 10.5 Å². The summed E-state index contributed by atoms with van der Waals surface area (Å²) in [7, 11) is 1.57. The number of hydrogen-bond donors (Lipinski definition) is 2. The molecule has 2 N–H and O–H groups in total. The fraction of sp³-hybridized carbons (Fsp3) is 0.464. The molecule has 8 nitrogen and oxygen atoms in total. The van der Waals surface area contributed by atoms with Crippen molar-refractivity contribution in [1.29, 1.82) is 0 Å². The molecule has 0 aliphatic rings. The number of aryl methyl sites for hydroxylation is 2. The average Bonchev–Trinajstić information content (AvgIpc) is 2.76. The number of amides is 3. The molecule has 0 heterocycles. The van der Waals surface area contributed by atoms with E-state index in [0.29, 0.717) is 17.0 Å². The van der Waals surface area contributed by atoms with Crippen LogP contribution in [0.1, 0.15) is 64.3 Å². The van der Waals surface area contributed by atoms with Gasteiger partial charge in [-0.15, -0.1) is 0 Å². The van der Waals surface area contributed by atoms with E-state index in [0.717, 1.165) is 11.1 Å². The van der Waals surface area contributed by atoms with Crippen LogP contribution < -0.4 is 15.4 Å². The van der Waals surface area contributed by atoms with E-state index < -0.39 is 29.2 Å². The van der Waals surface area contributed by atoms with Crippen molar-refractivity contribution < 1.29 is 23.9 Å². The Hall–Kier alpha value is -3.55. The van der Waals surface area contributed by atoms with Crippen LogP contribution in [0, 0.1) is 13.8 Å². The molecule has 0 aliphatic carbocycles. The van der Waals surface area contributed by atoms with E-state index in [4.69, 9.17) is 9.47 Å². The number of carbonyl (C=O) groups is 3. The number of rotatable bonds is 7. The molecule has 3 amide bonds. The number of benzene rings is 2. The molecule has 0 radical (unpaired) electrons. The third-order valence-electron chi connectivity index (χ3n) is 5.49. The molecule has 0 saturated heterocycles.